The van der Waals surface area contributed by atoms with Crippen LogP contribution in [-0.4, -0.2) is 45.6 Å². The lowest BCUT2D eigenvalue weighted by Gasteiger charge is -2.17. The lowest BCUT2D eigenvalue weighted by Crippen LogP contribution is -2.29. The number of nitrogens with zero attached hydrogens (tertiary/aromatic N) is 2. The normalized spacial score (nSPS) is 16.1. The number of aliphatic carboxylic acids is 1. The summed E-state index contributed by atoms with van der Waals surface area (Å²) in [6, 6.07) is 13.7. The summed E-state index contributed by atoms with van der Waals surface area (Å²) in [6.07, 6.45) is 3.29. The van der Waals surface area contributed by atoms with Gasteiger partial charge < -0.3 is 19.3 Å². The number of likely N-dealkylation sites (tertiary alicyclic amines) is 1. The van der Waals surface area contributed by atoms with Gasteiger partial charge in [0.15, 0.2) is 0 Å². The highest BCUT2D eigenvalue weighted by atomic mass is 79.9. The maximum absolute atomic E-state index is 12.9. The minimum atomic E-state index is -0.874. The van der Waals surface area contributed by atoms with Gasteiger partial charge in [0, 0.05) is 40.6 Å². The Balaban J connectivity index is 1.47. The zero-order chi connectivity index (χ0) is 22.8. The fourth-order valence-corrected chi connectivity index (χ4v) is 4.73. The molecule has 0 radical (unpaired) electrons. The number of amides is 1. The number of carboxylic acid groups (broad SMARTS) is 1. The first-order valence-electron chi connectivity index (χ1n) is 10.8. The molecular weight excluding hydrogens is 472 g/mol. The lowest BCUT2D eigenvalue weighted by atomic mass is 9.98. The molecule has 168 valence electrons. The van der Waals surface area contributed by atoms with Gasteiger partial charge in [0.1, 0.15) is 12.3 Å². The standard InChI is InChI=1S/C25H27BrN2O4/c1-16(2)32-20-6-3-17(4-7-20)11-24(29)27-10-9-18(13-27)22-14-28(15-25(30)31)23-12-19(26)5-8-21(22)23/h3-8,12,14,16,18H,9-11,13,15H2,1-2H3,(H,30,31). The van der Waals surface area contributed by atoms with Gasteiger partial charge in [0.05, 0.1) is 12.5 Å². The first-order valence-corrected chi connectivity index (χ1v) is 11.6. The molecule has 7 heteroatoms. The Morgan fingerprint density at radius 1 is 1.19 bits per heavy atom. The van der Waals surface area contributed by atoms with Gasteiger partial charge in [0.2, 0.25) is 5.91 Å². The summed E-state index contributed by atoms with van der Waals surface area (Å²) in [5.74, 6) is 0.241. The molecule has 0 spiro atoms. The van der Waals surface area contributed by atoms with Crippen LogP contribution in [-0.2, 0) is 22.6 Å². The number of carboxylic acids is 1. The minimum Gasteiger partial charge on any atom is -0.491 e. The molecule has 1 unspecified atom stereocenters. The quantitative estimate of drug-likeness (QED) is 0.506. The third-order valence-electron chi connectivity index (χ3n) is 5.81. The average Bonchev–Trinajstić information content (AvgIpc) is 3.34. The topological polar surface area (TPSA) is 71.8 Å². The second kappa shape index (κ2) is 9.36. The Morgan fingerprint density at radius 3 is 2.62 bits per heavy atom. The van der Waals surface area contributed by atoms with E-state index in [2.05, 4.69) is 15.9 Å². The zero-order valence-electron chi connectivity index (χ0n) is 18.3. The Labute approximate surface area is 195 Å². The highest BCUT2D eigenvalue weighted by Gasteiger charge is 2.29. The van der Waals surface area contributed by atoms with Crippen LogP contribution in [0.15, 0.2) is 53.1 Å². The van der Waals surface area contributed by atoms with E-state index in [0.29, 0.717) is 19.5 Å². The van der Waals surface area contributed by atoms with Gasteiger partial charge in [-0.1, -0.05) is 34.1 Å². The van der Waals surface area contributed by atoms with Gasteiger partial charge in [-0.2, -0.15) is 0 Å². The van der Waals surface area contributed by atoms with Gasteiger partial charge in [-0.15, -0.1) is 0 Å². The molecule has 2 aromatic carbocycles. The number of ether oxygens (including phenoxy) is 1. The summed E-state index contributed by atoms with van der Waals surface area (Å²) < 4.78 is 8.36. The van der Waals surface area contributed by atoms with Crippen molar-refractivity contribution in [3.63, 3.8) is 0 Å². The third kappa shape index (κ3) is 4.99. The first-order chi connectivity index (χ1) is 15.3. The van der Waals surface area contributed by atoms with Crippen LogP contribution < -0.4 is 4.74 Å². The van der Waals surface area contributed by atoms with Gasteiger partial charge in [-0.05, 0) is 55.7 Å². The predicted octanol–water partition coefficient (Wildman–Crippen LogP) is 4.83. The number of rotatable bonds is 7. The fourth-order valence-electron chi connectivity index (χ4n) is 4.38. The van der Waals surface area contributed by atoms with Gasteiger partial charge in [-0.3, -0.25) is 9.59 Å². The molecule has 1 atom stereocenters. The number of halogens is 1. The zero-order valence-corrected chi connectivity index (χ0v) is 19.8. The van der Waals surface area contributed by atoms with E-state index in [0.717, 1.165) is 38.7 Å². The molecule has 4 rings (SSSR count). The molecule has 1 saturated heterocycles. The van der Waals surface area contributed by atoms with Crippen molar-refractivity contribution >= 4 is 38.7 Å². The Bertz CT molecular complexity index is 1140. The molecule has 1 amide bonds. The van der Waals surface area contributed by atoms with Crippen molar-refractivity contribution in [1.29, 1.82) is 0 Å². The average molecular weight is 499 g/mol. The molecule has 0 saturated carbocycles. The smallest absolute Gasteiger partial charge is 0.323 e. The van der Waals surface area contributed by atoms with Crippen LogP contribution >= 0.6 is 15.9 Å². The molecule has 1 aliphatic rings. The van der Waals surface area contributed by atoms with E-state index in [4.69, 9.17) is 4.74 Å². The lowest BCUT2D eigenvalue weighted by molar-refractivity contribution is -0.137. The second-order valence-electron chi connectivity index (χ2n) is 8.58. The summed E-state index contributed by atoms with van der Waals surface area (Å²) in [6.45, 7) is 5.24. The number of hydrogen-bond donors (Lipinski definition) is 1. The monoisotopic (exact) mass is 498 g/mol. The SMILES string of the molecule is CC(C)Oc1ccc(CC(=O)N2CCC(c3cn(CC(=O)O)c4cc(Br)ccc34)C2)cc1. The Morgan fingerprint density at radius 2 is 1.94 bits per heavy atom. The molecular formula is C25H27BrN2O4. The van der Waals surface area contributed by atoms with E-state index >= 15 is 0 Å². The molecule has 32 heavy (non-hydrogen) atoms. The Hall–Kier alpha value is -2.80. The van der Waals surface area contributed by atoms with Crippen molar-refractivity contribution in [2.45, 2.75) is 45.3 Å². The predicted molar refractivity (Wildman–Crippen MR) is 127 cm³/mol. The number of carbonyl (C=O) groups excluding carboxylic acids is 1. The summed E-state index contributed by atoms with van der Waals surface area (Å²) in [5.41, 5.74) is 2.97. The van der Waals surface area contributed by atoms with Crippen molar-refractivity contribution in [3.8, 4) is 5.75 Å². The van der Waals surface area contributed by atoms with E-state index in [1.54, 1.807) is 4.57 Å². The maximum atomic E-state index is 12.9. The molecule has 2 heterocycles. The van der Waals surface area contributed by atoms with Gasteiger partial charge in [-0.25, -0.2) is 0 Å². The molecule has 3 aromatic rings. The van der Waals surface area contributed by atoms with E-state index in [1.165, 1.54) is 0 Å². The molecule has 0 aliphatic carbocycles. The minimum absolute atomic E-state index is 0.0845. The van der Waals surface area contributed by atoms with Crippen molar-refractivity contribution in [2.75, 3.05) is 13.1 Å². The summed E-state index contributed by atoms with van der Waals surface area (Å²) in [7, 11) is 0. The molecule has 6 nitrogen and oxygen atoms in total. The second-order valence-corrected chi connectivity index (χ2v) is 9.50. The summed E-state index contributed by atoms with van der Waals surface area (Å²) >= 11 is 3.48. The van der Waals surface area contributed by atoms with Gasteiger partial charge >= 0.3 is 5.97 Å². The highest BCUT2D eigenvalue weighted by molar-refractivity contribution is 9.10. The molecule has 1 fully saturated rings. The van der Waals surface area contributed by atoms with Crippen LogP contribution in [0, 0.1) is 0 Å². The van der Waals surface area contributed by atoms with Crippen molar-refractivity contribution < 1.29 is 19.4 Å². The molecule has 0 bridgehead atoms. The van der Waals surface area contributed by atoms with Crippen LogP contribution in [0.4, 0.5) is 0 Å². The first kappa shape index (κ1) is 22.4. The number of aromatic nitrogens is 1. The van der Waals surface area contributed by atoms with Crippen molar-refractivity contribution in [2.24, 2.45) is 0 Å². The molecule has 1 aliphatic heterocycles. The number of fused-ring (bicyclic) bond motifs is 1. The largest absolute Gasteiger partial charge is 0.491 e. The fraction of sp³-hybridized carbons (Fsp3) is 0.360. The Kier molecular flexibility index (Phi) is 6.55. The maximum Gasteiger partial charge on any atom is 0.323 e. The number of benzene rings is 2. The summed E-state index contributed by atoms with van der Waals surface area (Å²) in [5, 5.41) is 10.3. The number of carbonyl (C=O) groups is 2. The van der Waals surface area contributed by atoms with Gasteiger partial charge in [0.25, 0.3) is 0 Å². The molecule has 1 aromatic heterocycles. The van der Waals surface area contributed by atoms with Crippen LogP contribution in [0.2, 0.25) is 0 Å². The van der Waals surface area contributed by atoms with Crippen LogP contribution in [0.1, 0.15) is 37.3 Å². The highest BCUT2D eigenvalue weighted by Crippen LogP contribution is 2.35. The van der Waals surface area contributed by atoms with Crippen LogP contribution in [0.25, 0.3) is 10.9 Å². The van der Waals surface area contributed by atoms with E-state index in [-0.39, 0.29) is 24.5 Å². The third-order valence-corrected chi connectivity index (χ3v) is 6.31. The molecule has 1 N–H and O–H groups in total. The van der Waals surface area contributed by atoms with Crippen LogP contribution in [0.5, 0.6) is 5.75 Å². The summed E-state index contributed by atoms with van der Waals surface area (Å²) in [4.78, 5) is 26.2. The number of hydrogen-bond acceptors (Lipinski definition) is 3. The van der Waals surface area contributed by atoms with Crippen LogP contribution in [0.3, 0.4) is 0 Å². The van der Waals surface area contributed by atoms with E-state index in [1.807, 2.05) is 67.4 Å². The van der Waals surface area contributed by atoms with E-state index < -0.39 is 5.97 Å². The van der Waals surface area contributed by atoms with E-state index in [9.17, 15) is 14.7 Å². The van der Waals surface area contributed by atoms with Crippen molar-refractivity contribution in [3.05, 3.63) is 64.3 Å². The van der Waals surface area contributed by atoms with Crippen molar-refractivity contribution in [1.82, 2.24) is 9.47 Å².